The molecule has 0 spiro atoms. The summed E-state index contributed by atoms with van der Waals surface area (Å²) in [6.07, 6.45) is 2.26. The molecule has 4 rings (SSSR count). The average molecular weight is 496 g/mol. The van der Waals surface area contributed by atoms with Crippen molar-refractivity contribution in [2.45, 2.75) is 0 Å². The van der Waals surface area contributed by atoms with Gasteiger partial charge in [0.1, 0.15) is 23.0 Å². The molecule has 12 heteroatoms. The largest absolute Gasteiger partial charge is 0.504 e. The molecule has 0 saturated heterocycles. The molecule has 0 fully saturated rings. The fraction of sp³-hybridized carbons (Fsp3) is 0.167. The van der Waals surface area contributed by atoms with Gasteiger partial charge in [-0.15, -0.1) is 0 Å². The van der Waals surface area contributed by atoms with E-state index >= 15 is 0 Å². The van der Waals surface area contributed by atoms with Crippen molar-refractivity contribution < 1.29 is 28.6 Å². The van der Waals surface area contributed by atoms with Crippen molar-refractivity contribution in [3.8, 4) is 22.9 Å². The Bertz CT molecular complexity index is 1330. The van der Waals surface area contributed by atoms with Gasteiger partial charge < -0.3 is 20.0 Å². The van der Waals surface area contributed by atoms with E-state index in [0.717, 1.165) is 21.8 Å². The Labute approximate surface area is 204 Å². The van der Waals surface area contributed by atoms with E-state index in [-0.39, 0.29) is 35.9 Å². The summed E-state index contributed by atoms with van der Waals surface area (Å²) in [6, 6.07) is 11.5. The lowest BCUT2D eigenvalue weighted by atomic mass is 10.3. The maximum Gasteiger partial charge on any atom is 0.278 e. The minimum atomic E-state index is -0.643. The summed E-state index contributed by atoms with van der Waals surface area (Å²) in [6.45, 7) is 0.0870. The van der Waals surface area contributed by atoms with Crippen LogP contribution in [-0.2, 0) is 0 Å². The third-order valence-corrected chi connectivity index (χ3v) is 5.46. The van der Waals surface area contributed by atoms with Gasteiger partial charge in [-0.1, -0.05) is 24.3 Å². The van der Waals surface area contributed by atoms with Crippen LogP contribution in [0, 0.1) is 11.6 Å². The highest BCUT2D eigenvalue weighted by molar-refractivity contribution is 5.95. The van der Waals surface area contributed by atoms with Crippen molar-refractivity contribution in [2.24, 2.45) is 0 Å². The summed E-state index contributed by atoms with van der Waals surface area (Å²) in [4.78, 5) is 28.1. The van der Waals surface area contributed by atoms with Crippen molar-refractivity contribution in [1.82, 2.24) is 29.4 Å². The predicted octanol–water partition coefficient (Wildman–Crippen LogP) is 2.59. The van der Waals surface area contributed by atoms with Crippen molar-refractivity contribution in [2.75, 3.05) is 27.2 Å². The van der Waals surface area contributed by atoms with Gasteiger partial charge in [0.25, 0.3) is 11.8 Å². The molecule has 2 N–H and O–H groups in total. The molecule has 0 aliphatic carbocycles. The van der Waals surface area contributed by atoms with Crippen molar-refractivity contribution in [1.29, 1.82) is 0 Å². The number of hydrogen-bond donors (Lipinski definition) is 2. The molecule has 2 amide bonds. The van der Waals surface area contributed by atoms with Crippen LogP contribution in [0.5, 0.6) is 11.5 Å². The lowest BCUT2D eigenvalue weighted by molar-refractivity contribution is 0.0709. The second-order valence-electron chi connectivity index (χ2n) is 7.97. The fourth-order valence-electron chi connectivity index (χ4n) is 3.42. The van der Waals surface area contributed by atoms with Gasteiger partial charge in [0.15, 0.2) is 22.9 Å². The van der Waals surface area contributed by atoms with Crippen molar-refractivity contribution in [3.05, 3.63) is 83.9 Å². The lowest BCUT2D eigenvalue weighted by Gasteiger charge is -2.21. The first kappa shape index (κ1) is 24.4. The number of aromatic hydroxyl groups is 2. The molecule has 2 aromatic carbocycles. The van der Waals surface area contributed by atoms with Crippen molar-refractivity contribution >= 4 is 11.8 Å². The van der Waals surface area contributed by atoms with E-state index in [1.54, 1.807) is 12.1 Å². The molecule has 2 heterocycles. The Balaban J connectivity index is 1.42. The number of nitrogens with zero attached hydrogens (tertiary/aromatic N) is 6. The van der Waals surface area contributed by atoms with Crippen LogP contribution < -0.4 is 0 Å². The standard InChI is InChI=1S/C24H22F2N6O4/c1-29(23(35)21-19(33)13-31(27-21)17-9-5-3-7-15(17)25)11-12-30(2)24(36)22-20(34)14-32(28-22)18-10-6-4-8-16(18)26/h3-10,13-14,33-34H,11-12H2,1-2H3. The molecule has 0 radical (unpaired) electrons. The fourth-order valence-corrected chi connectivity index (χ4v) is 3.42. The molecule has 186 valence electrons. The molecule has 0 saturated carbocycles. The first-order valence-corrected chi connectivity index (χ1v) is 10.8. The highest BCUT2D eigenvalue weighted by atomic mass is 19.1. The number of likely N-dealkylation sites (N-methyl/N-ethyl adjacent to an activating group) is 2. The molecule has 0 atom stereocenters. The third kappa shape index (κ3) is 4.73. The van der Waals surface area contributed by atoms with E-state index in [4.69, 9.17) is 0 Å². The highest BCUT2D eigenvalue weighted by Crippen LogP contribution is 2.22. The predicted molar refractivity (Wildman–Crippen MR) is 124 cm³/mol. The first-order chi connectivity index (χ1) is 17.2. The van der Waals surface area contributed by atoms with Gasteiger partial charge in [-0.05, 0) is 24.3 Å². The molecular formula is C24H22F2N6O4. The summed E-state index contributed by atoms with van der Waals surface area (Å²) < 4.78 is 30.2. The van der Waals surface area contributed by atoms with Gasteiger partial charge in [0, 0.05) is 27.2 Å². The van der Waals surface area contributed by atoms with E-state index < -0.39 is 34.9 Å². The van der Waals surface area contributed by atoms with Gasteiger partial charge in [-0.25, -0.2) is 18.1 Å². The van der Waals surface area contributed by atoms with E-state index in [0.29, 0.717) is 0 Å². The molecule has 10 nitrogen and oxygen atoms in total. The highest BCUT2D eigenvalue weighted by Gasteiger charge is 2.24. The number of carbonyl (C=O) groups excluding carboxylic acids is 2. The SMILES string of the molecule is CN(CCN(C)C(=O)c1nn(-c2ccccc2F)cc1O)C(=O)c1nn(-c2ccccc2F)cc1O. The van der Waals surface area contributed by atoms with Crippen LogP contribution in [0.4, 0.5) is 8.78 Å². The van der Waals surface area contributed by atoms with Crippen LogP contribution >= 0.6 is 0 Å². The maximum absolute atomic E-state index is 14.0. The van der Waals surface area contributed by atoms with Gasteiger partial charge in [-0.3, -0.25) is 9.59 Å². The Kier molecular flexibility index (Phi) is 6.68. The second-order valence-corrected chi connectivity index (χ2v) is 7.97. The smallest absolute Gasteiger partial charge is 0.278 e. The number of carbonyl (C=O) groups is 2. The summed E-state index contributed by atoms with van der Waals surface area (Å²) in [5.41, 5.74) is -0.434. The summed E-state index contributed by atoms with van der Waals surface area (Å²) in [5.74, 6) is -3.29. The van der Waals surface area contributed by atoms with Crippen LogP contribution in [0.3, 0.4) is 0 Å². The van der Waals surface area contributed by atoms with Crippen LogP contribution in [-0.4, -0.2) is 78.6 Å². The monoisotopic (exact) mass is 496 g/mol. The molecule has 36 heavy (non-hydrogen) atoms. The molecule has 0 unspecified atom stereocenters. The number of amides is 2. The van der Waals surface area contributed by atoms with E-state index in [9.17, 15) is 28.6 Å². The first-order valence-electron chi connectivity index (χ1n) is 10.8. The average Bonchev–Trinajstić information content (AvgIpc) is 3.44. The topological polar surface area (TPSA) is 117 Å². The van der Waals surface area contributed by atoms with E-state index in [1.165, 1.54) is 60.3 Å². The van der Waals surface area contributed by atoms with Crippen molar-refractivity contribution in [3.63, 3.8) is 0 Å². The molecule has 4 aromatic rings. The molecule has 0 aliphatic rings. The Morgan fingerprint density at radius 1 is 0.750 bits per heavy atom. The number of rotatable bonds is 7. The van der Waals surface area contributed by atoms with Crippen LogP contribution in [0.25, 0.3) is 11.4 Å². The van der Waals surface area contributed by atoms with E-state index in [2.05, 4.69) is 10.2 Å². The van der Waals surface area contributed by atoms with Crippen LogP contribution in [0.1, 0.15) is 21.0 Å². The number of benzene rings is 2. The number of hydrogen-bond acceptors (Lipinski definition) is 6. The molecule has 0 aliphatic heterocycles. The Morgan fingerprint density at radius 2 is 1.11 bits per heavy atom. The van der Waals surface area contributed by atoms with Gasteiger partial charge in [0.05, 0.1) is 12.4 Å². The Hall–Kier alpha value is -4.74. The Morgan fingerprint density at radius 3 is 1.47 bits per heavy atom. The van der Waals surface area contributed by atoms with Gasteiger partial charge in [0.2, 0.25) is 0 Å². The molecule has 0 bridgehead atoms. The zero-order valence-electron chi connectivity index (χ0n) is 19.3. The summed E-state index contributed by atoms with van der Waals surface area (Å²) in [5, 5.41) is 28.4. The number of aromatic nitrogens is 4. The van der Waals surface area contributed by atoms with Crippen LogP contribution in [0.2, 0.25) is 0 Å². The molecule has 2 aromatic heterocycles. The summed E-state index contributed by atoms with van der Waals surface area (Å²) in [7, 11) is 2.90. The minimum Gasteiger partial charge on any atom is -0.504 e. The van der Waals surface area contributed by atoms with E-state index in [1.807, 2.05) is 0 Å². The third-order valence-electron chi connectivity index (χ3n) is 5.46. The minimum absolute atomic E-state index is 0.0435. The number of para-hydroxylation sites is 2. The lowest BCUT2D eigenvalue weighted by Crippen LogP contribution is -2.37. The zero-order chi connectivity index (χ0) is 26.0. The quantitative estimate of drug-likeness (QED) is 0.406. The maximum atomic E-state index is 14.0. The number of halogens is 2. The molecular weight excluding hydrogens is 474 g/mol. The second kappa shape index (κ2) is 9.86. The normalized spacial score (nSPS) is 10.9. The zero-order valence-corrected chi connectivity index (χ0v) is 19.3. The van der Waals surface area contributed by atoms with Gasteiger partial charge >= 0.3 is 0 Å². The van der Waals surface area contributed by atoms with Crippen LogP contribution in [0.15, 0.2) is 60.9 Å². The van der Waals surface area contributed by atoms with Gasteiger partial charge in [-0.2, -0.15) is 10.2 Å². The summed E-state index contributed by atoms with van der Waals surface area (Å²) >= 11 is 0.